The van der Waals surface area contributed by atoms with Crippen LogP contribution in [0, 0.1) is 6.92 Å². The average Bonchev–Trinajstić information content (AvgIpc) is 2.71. The lowest BCUT2D eigenvalue weighted by Gasteiger charge is -2.21. The van der Waals surface area contributed by atoms with E-state index in [0.717, 1.165) is 13.0 Å². The molecule has 1 aliphatic heterocycles. The number of hydrogen-bond acceptors (Lipinski definition) is 4. The zero-order valence-electron chi connectivity index (χ0n) is 13.1. The quantitative estimate of drug-likeness (QED) is 0.776. The van der Waals surface area contributed by atoms with Crippen molar-refractivity contribution in [3.8, 4) is 0 Å². The van der Waals surface area contributed by atoms with E-state index in [2.05, 4.69) is 26.6 Å². The van der Waals surface area contributed by atoms with Gasteiger partial charge in [-0.1, -0.05) is 0 Å². The minimum Gasteiger partial charge on any atom is -0.325 e. The lowest BCUT2D eigenvalue weighted by Crippen LogP contribution is -2.34. The molecule has 0 radical (unpaired) electrons. The molecule has 1 aromatic carbocycles. The van der Waals surface area contributed by atoms with E-state index in [-0.39, 0.29) is 23.2 Å². The van der Waals surface area contributed by atoms with Crippen LogP contribution < -0.4 is 10.6 Å². The Balaban J connectivity index is 0.00000264. The molecule has 0 aromatic heterocycles. The summed E-state index contributed by atoms with van der Waals surface area (Å²) in [4.78, 5) is 11.5. The molecule has 2 rings (SSSR count). The van der Waals surface area contributed by atoms with Crippen LogP contribution in [0.1, 0.15) is 18.9 Å². The molecular formula is C14H21BrClN3O3S. The number of halogens is 2. The molecule has 23 heavy (non-hydrogen) atoms. The van der Waals surface area contributed by atoms with Crippen molar-refractivity contribution in [1.82, 2.24) is 9.62 Å². The third kappa shape index (κ3) is 4.90. The maximum atomic E-state index is 12.8. The number of aryl methyl sites for hydroxylation is 1. The number of amides is 1. The number of rotatable bonds is 3. The first-order valence-corrected chi connectivity index (χ1v) is 9.34. The van der Waals surface area contributed by atoms with Crippen LogP contribution in [-0.4, -0.2) is 44.8 Å². The lowest BCUT2D eigenvalue weighted by atomic mass is 10.2. The van der Waals surface area contributed by atoms with Crippen LogP contribution in [0.3, 0.4) is 0 Å². The Morgan fingerprint density at radius 2 is 2.00 bits per heavy atom. The second-order valence-corrected chi connectivity index (χ2v) is 8.05. The minimum absolute atomic E-state index is 0. The van der Waals surface area contributed by atoms with Crippen LogP contribution in [-0.2, 0) is 14.8 Å². The average molecular weight is 427 g/mol. The summed E-state index contributed by atoms with van der Waals surface area (Å²) in [6.45, 7) is 5.61. The van der Waals surface area contributed by atoms with Crippen molar-refractivity contribution >= 4 is 50.0 Å². The second-order valence-electron chi connectivity index (χ2n) is 5.29. The highest BCUT2D eigenvalue weighted by molar-refractivity contribution is 9.10. The van der Waals surface area contributed by atoms with E-state index in [1.807, 2.05) is 0 Å². The lowest BCUT2D eigenvalue weighted by molar-refractivity contribution is -0.114. The maximum absolute atomic E-state index is 12.8. The number of benzene rings is 1. The molecule has 0 atom stereocenters. The molecule has 1 amide bonds. The number of nitrogens with zero attached hydrogens (tertiary/aromatic N) is 1. The van der Waals surface area contributed by atoms with Crippen molar-refractivity contribution in [1.29, 1.82) is 0 Å². The van der Waals surface area contributed by atoms with E-state index in [4.69, 9.17) is 0 Å². The maximum Gasteiger partial charge on any atom is 0.243 e. The molecule has 0 spiro atoms. The van der Waals surface area contributed by atoms with E-state index >= 15 is 0 Å². The summed E-state index contributed by atoms with van der Waals surface area (Å²) in [5.74, 6) is -0.200. The minimum atomic E-state index is -3.53. The van der Waals surface area contributed by atoms with Gasteiger partial charge in [-0.05, 0) is 53.5 Å². The Morgan fingerprint density at radius 1 is 1.30 bits per heavy atom. The van der Waals surface area contributed by atoms with Gasteiger partial charge in [0.1, 0.15) is 0 Å². The molecular weight excluding hydrogens is 406 g/mol. The van der Waals surface area contributed by atoms with Crippen molar-refractivity contribution in [2.75, 3.05) is 31.5 Å². The number of carbonyl (C=O) groups is 1. The molecule has 130 valence electrons. The van der Waals surface area contributed by atoms with Gasteiger partial charge in [0.25, 0.3) is 0 Å². The fraction of sp³-hybridized carbons (Fsp3) is 0.500. The van der Waals surface area contributed by atoms with E-state index < -0.39 is 10.0 Å². The van der Waals surface area contributed by atoms with Crippen molar-refractivity contribution in [3.05, 3.63) is 22.2 Å². The van der Waals surface area contributed by atoms with Crippen LogP contribution in [0.4, 0.5) is 5.69 Å². The number of anilines is 1. The highest BCUT2D eigenvalue weighted by Crippen LogP contribution is 2.30. The monoisotopic (exact) mass is 425 g/mol. The SMILES string of the molecule is CC(=O)Nc1cc(C)c(S(=O)(=O)N2CCCNCC2)cc1Br.Cl. The standard InChI is InChI=1S/C14H20BrN3O3S.ClH/c1-10-8-13(17-11(2)19)12(15)9-14(10)22(20,21)18-6-3-4-16-5-7-18;/h8-9,16H,3-7H2,1-2H3,(H,17,19);1H. The summed E-state index contributed by atoms with van der Waals surface area (Å²) in [6.07, 6.45) is 0.795. The van der Waals surface area contributed by atoms with Crippen molar-refractivity contribution in [2.24, 2.45) is 0 Å². The highest BCUT2D eigenvalue weighted by Gasteiger charge is 2.27. The van der Waals surface area contributed by atoms with Gasteiger partial charge in [-0.15, -0.1) is 12.4 Å². The summed E-state index contributed by atoms with van der Waals surface area (Å²) in [6, 6.07) is 3.24. The predicted molar refractivity (Wildman–Crippen MR) is 96.7 cm³/mol. The molecule has 1 aliphatic rings. The Bertz CT molecular complexity index is 674. The van der Waals surface area contributed by atoms with E-state index in [0.29, 0.717) is 35.4 Å². The highest BCUT2D eigenvalue weighted by atomic mass is 79.9. The van der Waals surface area contributed by atoms with Crippen LogP contribution in [0.25, 0.3) is 0 Å². The molecule has 0 bridgehead atoms. The summed E-state index contributed by atoms with van der Waals surface area (Å²) in [5.41, 5.74) is 1.19. The first-order valence-electron chi connectivity index (χ1n) is 7.11. The Hall–Kier alpha value is -0.670. The topological polar surface area (TPSA) is 78.5 Å². The van der Waals surface area contributed by atoms with Gasteiger partial charge in [0.2, 0.25) is 15.9 Å². The Morgan fingerprint density at radius 3 is 2.65 bits per heavy atom. The fourth-order valence-corrected chi connectivity index (χ4v) is 4.73. The number of hydrogen-bond donors (Lipinski definition) is 2. The van der Waals surface area contributed by atoms with Gasteiger partial charge in [-0.2, -0.15) is 4.31 Å². The molecule has 0 aliphatic carbocycles. The molecule has 1 fully saturated rings. The fourth-order valence-electron chi connectivity index (χ4n) is 2.43. The summed E-state index contributed by atoms with van der Waals surface area (Å²) in [5, 5.41) is 5.87. The normalized spacial score (nSPS) is 16.3. The van der Waals surface area contributed by atoms with Gasteiger partial charge < -0.3 is 10.6 Å². The van der Waals surface area contributed by atoms with Gasteiger partial charge in [-0.3, -0.25) is 4.79 Å². The smallest absolute Gasteiger partial charge is 0.243 e. The molecule has 0 unspecified atom stereocenters. The van der Waals surface area contributed by atoms with Gasteiger partial charge in [0.05, 0.1) is 10.6 Å². The molecule has 0 saturated carbocycles. The number of sulfonamides is 1. The zero-order valence-corrected chi connectivity index (χ0v) is 16.3. The van der Waals surface area contributed by atoms with E-state index in [1.54, 1.807) is 19.1 Å². The molecule has 1 aromatic rings. The van der Waals surface area contributed by atoms with Gasteiger partial charge in [-0.25, -0.2) is 8.42 Å². The van der Waals surface area contributed by atoms with Crippen LogP contribution in [0.5, 0.6) is 0 Å². The van der Waals surface area contributed by atoms with E-state index in [1.165, 1.54) is 11.2 Å². The molecule has 1 heterocycles. The summed E-state index contributed by atoms with van der Waals surface area (Å²) in [7, 11) is -3.53. The second kappa shape index (κ2) is 8.43. The molecule has 1 saturated heterocycles. The number of carbonyl (C=O) groups excluding carboxylic acids is 1. The molecule has 6 nitrogen and oxygen atoms in total. The first kappa shape index (κ1) is 20.4. The van der Waals surface area contributed by atoms with Crippen molar-refractivity contribution in [2.45, 2.75) is 25.2 Å². The van der Waals surface area contributed by atoms with Crippen molar-refractivity contribution < 1.29 is 13.2 Å². The Labute approximate surface area is 151 Å². The molecule has 2 N–H and O–H groups in total. The Kier molecular flexibility index (Phi) is 7.47. The van der Waals surface area contributed by atoms with E-state index in [9.17, 15) is 13.2 Å². The third-order valence-corrected chi connectivity index (χ3v) is 6.19. The zero-order chi connectivity index (χ0) is 16.3. The van der Waals surface area contributed by atoms with Gasteiger partial charge in [0, 0.05) is 31.0 Å². The van der Waals surface area contributed by atoms with Crippen molar-refractivity contribution in [3.63, 3.8) is 0 Å². The number of nitrogens with one attached hydrogen (secondary N) is 2. The predicted octanol–water partition coefficient (Wildman–Crippen LogP) is 2.12. The summed E-state index contributed by atoms with van der Waals surface area (Å²) >= 11 is 3.33. The van der Waals surface area contributed by atoms with Crippen LogP contribution in [0.15, 0.2) is 21.5 Å². The third-order valence-electron chi connectivity index (χ3n) is 3.49. The van der Waals surface area contributed by atoms with Gasteiger partial charge >= 0.3 is 0 Å². The largest absolute Gasteiger partial charge is 0.325 e. The van der Waals surface area contributed by atoms with Crippen LogP contribution in [0.2, 0.25) is 0 Å². The summed E-state index contributed by atoms with van der Waals surface area (Å²) < 4.78 is 27.7. The van der Waals surface area contributed by atoms with Gasteiger partial charge in [0.15, 0.2) is 0 Å². The van der Waals surface area contributed by atoms with Crippen LogP contribution >= 0.6 is 28.3 Å². The molecule has 9 heteroatoms. The first-order chi connectivity index (χ1) is 10.3.